The molecule has 0 spiro atoms. The molecular weight excluding hydrogens is 250 g/mol. The van der Waals surface area contributed by atoms with Gasteiger partial charge in [-0.05, 0) is 55.3 Å². The first kappa shape index (κ1) is 14.3. The van der Waals surface area contributed by atoms with Gasteiger partial charge in [0.15, 0.2) is 0 Å². The topological polar surface area (TPSA) is 12.0 Å². The normalized spacial score (nSPS) is 12.5. The highest BCUT2D eigenvalue weighted by molar-refractivity contribution is 7.10. The van der Waals surface area contributed by atoms with Crippen molar-refractivity contribution in [2.24, 2.45) is 0 Å². The SMILES string of the molecule is CCNC(CCCc1ccccc1)c1sccc1C. The maximum Gasteiger partial charge on any atom is 0.0417 e. The van der Waals surface area contributed by atoms with Crippen LogP contribution in [0, 0.1) is 6.92 Å². The van der Waals surface area contributed by atoms with Gasteiger partial charge in [-0.15, -0.1) is 11.3 Å². The van der Waals surface area contributed by atoms with E-state index in [0.29, 0.717) is 6.04 Å². The summed E-state index contributed by atoms with van der Waals surface area (Å²) in [7, 11) is 0. The van der Waals surface area contributed by atoms with E-state index in [1.165, 1.54) is 35.3 Å². The van der Waals surface area contributed by atoms with E-state index in [9.17, 15) is 0 Å². The number of nitrogens with one attached hydrogen (secondary N) is 1. The van der Waals surface area contributed by atoms with Crippen molar-refractivity contribution in [3.05, 3.63) is 57.8 Å². The molecule has 1 aromatic heterocycles. The maximum absolute atomic E-state index is 3.62. The summed E-state index contributed by atoms with van der Waals surface area (Å²) < 4.78 is 0. The zero-order chi connectivity index (χ0) is 13.5. The fourth-order valence-electron chi connectivity index (χ4n) is 2.47. The van der Waals surface area contributed by atoms with Crippen LogP contribution in [0.1, 0.15) is 41.8 Å². The molecule has 0 radical (unpaired) electrons. The molecule has 0 amide bonds. The molecule has 1 N–H and O–H groups in total. The standard InChI is InChI=1S/C17H23NS/c1-3-18-16(17-14(2)12-13-19-17)11-7-10-15-8-5-4-6-9-15/h4-6,8-9,12-13,16,18H,3,7,10-11H2,1-2H3. The summed E-state index contributed by atoms with van der Waals surface area (Å²) in [5, 5.41) is 5.82. The molecule has 102 valence electrons. The van der Waals surface area contributed by atoms with Crippen molar-refractivity contribution in [2.75, 3.05) is 6.54 Å². The highest BCUT2D eigenvalue weighted by Crippen LogP contribution is 2.27. The maximum atomic E-state index is 3.62. The van der Waals surface area contributed by atoms with E-state index >= 15 is 0 Å². The highest BCUT2D eigenvalue weighted by atomic mass is 32.1. The van der Waals surface area contributed by atoms with Crippen LogP contribution in [0.2, 0.25) is 0 Å². The van der Waals surface area contributed by atoms with Crippen LogP contribution in [0.5, 0.6) is 0 Å². The first-order valence-corrected chi connectivity index (χ1v) is 8.00. The third-order valence-corrected chi connectivity index (χ3v) is 4.60. The molecule has 0 aliphatic heterocycles. The number of hydrogen-bond donors (Lipinski definition) is 1. The molecule has 1 unspecified atom stereocenters. The minimum atomic E-state index is 0.522. The lowest BCUT2D eigenvalue weighted by atomic mass is 10.0. The summed E-state index contributed by atoms with van der Waals surface area (Å²) in [6, 6.07) is 13.5. The van der Waals surface area contributed by atoms with Crippen molar-refractivity contribution in [1.29, 1.82) is 0 Å². The third-order valence-electron chi connectivity index (χ3n) is 3.47. The number of aryl methyl sites for hydroxylation is 2. The van der Waals surface area contributed by atoms with Gasteiger partial charge >= 0.3 is 0 Å². The molecular formula is C17H23NS. The zero-order valence-corrected chi connectivity index (χ0v) is 12.7. The van der Waals surface area contributed by atoms with Gasteiger partial charge in [-0.2, -0.15) is 0 Å². The van der Waals surface area contributed by atoms with Crippen molar-refractivity contribution in [3.63, 3.8) is 0 Å². The van der Waals surface area contributed by atoms with Crippen molar-refractivity contribution in [1.82, 2.24) is 5.32 Å². The van der Waals surface area contributed by atoms with Crippen molar-refractivity contribution in [2.45, 2.75) is 39.2 Å². The second-order valence-corrected chi connectivity index (χ2v) is 5.90. The van der Waals surface area contributed by atoms with E-state index in [1.54, 1.807) is 0 Å². The number of rotatable bonds is 7. The molecule has 19 heavy (non-hydrogen) atoms. The Kier molecular flexibility index (Phi) is 5.62. The zero-order valence-electron chi connectivity index (χ0n) is 11.9. The first-order valence-electron chi connectivity index (χ1n) is 7.12. The molecule has 0 saturated carbocycles. The van der Waals surface area contributed by atoms with Crippen LogP contribution >= 0.6 is 11.3 Å². The highest BCUT2D eigenvalue weighted by Gasteiger charge is 2.13. The summed E-state index contributed by atoms with van der Waals surface area (Å²) in [5.74, 6) is 0. The van der Waals surface area contributed by atoms with Gasteiger partial charge < -0.3 is 5.32 Å². The van der Waals surface area contributed by atoms with E-state index in [1.807, 2.05) is 11.3 Å². The van der Waals surface area contributed by atoms with Crippen LogP contribution in [0.3, 0.4) is 0 Å². The quantitative estimate of drug-likeness (QED) is 0.769. The van der Waals surface area contributed by atoms with Crippen LogP contribution in [0.4, 0.5) is 0 Å². The molecule has 0 fully saturated rings. The molecule has 1 nitrogen and oxygen atoms in total. The fraction of sp³-hybridized carbons (Fsp3) is 0.412. The minimum absolute atomic E-state index is 0.522. The van der Waals surface area contributed by atoms with Gasteiger partial charge in [0.1, 0.15) is 0 Å². The Bertz CT molecular complexity index is 475. The predicted octanol–water partition coefficient (Wildman–Crippen LogP) is 4.73. The predicted molar refractivity (Wildman–Crippen MR) is 84.9 cm³/mol. The summed E-state index contributed by atoms with van der Waals surface area (Å²) in [4.78, 5) is 1.51. The molecule has 2 rings (SSSR count). The van der Waals surface area contributed by atoms with Gasteiger partial charge in [0.2, 0.25) is 0 Å². The molecule has 0 bridgehead atoms. The fourth-order valence-corrected chi connectivity index (χ4v) is 3.51. The van der Waals surface area contributed by atoms with E-state index in [-0.39, 0.29) is 0 Å². The molecule has 2 aromatic rings. The van der Waals surface area contributed by atoms with Crippen molar-refractivity contribution in [3.8, 4) is 0 Å². The second kappa shape index (κ2) is 7.46. The third kappa shape index (κ3) is 4.19. The second-order valence-electron chi connectivity index (χ2n) is 4.96. The number of thiophene rings is 1. The summed E-state index contributed by atoms with van der Waals surface area (Å²) in [5.41, 5.74) is 2.87. The van der Waals surface area contributed by atoms with Crippen LogP contribution in [0.15, 0.2) is 41.8 Å². The molecule has 1 aromatic carbocycles. The largest absolute Gasteiger partial charge is 0.310 e. The van der Waals surface area contributed by atoms with Gasteiger partial charge in [-0.25, -0.2) is 0 Å². The van der Waals surface area contributed by atoms with Gasteiger partial charge in [-0.1, -0.05) is 37.3 Å². The number of hydrogen-bond acceptors (Lipinski definition) is 2. The van der Waals surface area contributed by atoms with Crippen molar-refractivity contribution < 1.29 is 0 Å². The van der Waals surface area contributed by atoms with E-state index in [4.69, 9.17) is 0 Å². The Balaban J connectivity index is 1.89. The number of benzene rings is 1. The van der Waals surface area contributed by atoms with Gasteiger partial charge in [0.05, 0.1) is 0 Å². The monoisotopic (exact) mass is 273 g/mol. The van der Waals surface area contributed by atoms with E-state index in [0.717, 1.165) is 6.54 Å². The first-order chi connectivity index (χ1) is 9.31. The van der Waals surface area contributed by atoms with Crippen LogP contribution < -0.4 is 5.32 Å². The van der Waals surface area contributed by atoms with E-state index in [2.05, 4.69) is 60.9 Å². The Hall–Kier alpha value is -1.12. The lowest BCUT2D eigenvalue weighted by Crippen LogP contribution is -2.20. The molecule has 0 aliphatic carbocycles. The Labute approximate surface area is 120 Å². The summed E-state index contributed by atoms with van der Waals surface area (Å²) in [6.07, 6.45) is 3.62. The van der Waals surface area contributed by atoms with Gasteiger partial charge in [0, 0.05) is 10.9 Å². The molecule has 2 heteroatoms. The Morgan fingerprint density at radius 2 is 1.95 bits per heavy atom. The average molecular weight is 273 g/mol. The van der Waals surface area contributed by atoms with Gasteiger partial charge in [0.25, 0.3) is 0 Å². The molecule has 1 atom stereocenters. The minimum Gasteiger partial charge on any atom is -0.310 e. The van der Waals surface area contributed by atoms with Crippen LogP contribution in [-0.4, -0.2) is 6.54 Å². The molecule has 0 aliphatic rings. The average Bonchev–Trinajstić information content (AvgIpc) is 2.85. The Morgan fingerprint density at radius 3 is 2.58 bits per heavy atom. The molecule has 0 saturated heterocycles. The summed E-state index contributed by atoms with van der Waals surface area (Å²) in [6.45, 7) is 5.44. The lowest BCUT2D eigenvalue weighted by molar-refractivity contribution is 0.503. The Morgan fingerprint density at radius 1 is 1.16 bits per heavy atom. The van der Waals surface area contributed by atoms with Crippen molar-refractivity contribution >= 4 is 11.3 Å². The van der Waals surface area contributed by atoms with Crippen LogP contribution in [-0.2, 0) is 6.42 Å². The molecule has 1 heterocycles. The van der Waals surface area contributed by atoms with E-state index < -0.39 is 0 Å². The smallest absolute Gasteiger partial charge is 0.0417 e. The lowest BCUT2D eigenvalue weighted by Gasteiger charge is -2.17. The summed E-state index contributed by atoms with van der Waals surface area (Å²) >= 11 is 1.88. The van der Waals surface area contributed by atoms with Gasteiger partial charge in [-0.3, -0.25) is 0 Å². The van der Waals surface area contributed by atoms with Crippen LogP contribution in [0.25, 0.3) is 0 Å².